The number of rotatable bonds is 8. The summed E-state index contributed by atoms with van der Waals surface area (Å²) in [6.07, 6.45) is 2.02. The zero-order chi connectivity index (χ0) is 26.0. The van der Waals surface area contributed by atoms with E-state index in [9.17, 15) is 9.59 Å². The van der Waals surface area contributed by atoms with E-state index in [0.717, 1.165) is 23.1 Å². The molecule has 0 aromatic heterocycles. The molecule has 1 N–H and O–H groups in total. The van der Waals surface area contributed by atoms with Gasteiger partial charge in [-0.15, -0.1) is 0 Å². The molecule has 2 aliphatic rings. The number of benzene rings is 3. The number of imide groups is 1. The van der Waals surface area contributed by atoms with Crippen LogP contribution in [0, 0.1) is 0 Å². The second-order valence-corrected chi connectivity index (χ2v) is 9.90. The van der Waals surface area contributed by atoms with E-state index in [-0.39, 0.29) is 24.6 Å². The lowest BCUT2D eigenvalue weighted by Gasteiger charge is -2.39. The highest BCUT2D eigenvalue weighted by molar-refractivity contribution is 6.06. The van der Waals surface area contributed by atoms with E-state index in [1.54, 1.807) is 14.2 Å². The summed E-state index contributed by atoms with van der Waals surface area (Å²) in [6.45, 7) is 2.73. The van der Waals surface area contributed by atoms with Gasteiger partial charge in [-0.1, -0.05) is 60.7 Å². The topological polar surface area (TPSA) is 71.1 Å². The van der Waals surface area contributed by atoms with Gasteiger partial charge in [0.25, 0.3) is 5.91 Å². The average Bonchev–Trinajstić information content (AvgIpc) is 3.15. The van der Waals surface area contributed by atoms with Crippen LogP contribution in [0.15, 0.2) is 72.8 Å². The minimum atomic E-state index is -0.931. The zero-order valence-electron chi connectivity index (χ0n) is 21.6. The Morgan fingerprint density at radius 2 is 1.59 bits per heavy atom. The fourth-order valence-corrected chi connectivity index (χ4v) is 5.44. The predicted molar refractivity (Wildman–Crippen MR) is 142 cm³/mol. The van der Waals surface area contributed by atoms with Crippen LogP contribution < -0.4 is 14.8 Å². The average molecular weight is 500 g/mol. The van der Waals surface area contributed by atoms with Crippen LogP contribution in [0.25, 0.3) is 0 Å². The Hall–Kier alpha value is -3.84. The molecular weight excluding hydrogens is 466 g/mol. The standard InChI is InChI=1S/C30H33N3O4/c1-30(16-14-21-10-6-4-7-11-21)28(34)33(29(35)31-30)20-32-17-15-23-18-25(36-2)26(37-3)19-24(23)27(32)22-12-8-5-9-13-22/h4-13,18-19,27H,14-17,20H2,1-3H3,(H,31,35)/t27-,30-/m1/s1. The summed E-state index contributed by atoms with van der Waals surface area (Å²) in [5.41, 5.74) is 3.57. The lowest BCUT2D eigenvalue weighted by Crippen LogP contribution is -2.48. The molecule has 0 radical (unpaired) electrons. The van der Waals surface area contributed by atoms with Crippen LogP contribution in [-0.2, 0) is 17.6 Å². The number of carbonyl (C=O) groups is 2. The Kier molecular flexibility index (Phi) is 6.89. The molecule has 0 saturated carbocycles. The van der Waals surface area contributed by atoms with Crippen LogP contribution in [0.2, 0.25) is 0 Å². The SMILES string of the molecule is COc1cc2c(cc1OC)[C@@H](c1ccccc1)N(CN1C(=O)N[C@](C)(CCc3ccccc3)C1=O)CC2. The summed E-state index contributed by atoms with van der Waals surface area (Å²) < 4.78 is 11.1. The van der Waals surface area contributed by atoms with Gasteiger partial charge in [-0.25, -0.2) is 9.69 Å². The molecule has 2 heterocycles. The molecule has 1 fully saturated rings. The molecule has 192 valence electrons. The van der Waals surface area contributed by atoms with E-state index in [4.69, 9.17) is 9.47 Å². The van der Waals surface area contributed by atoms with Crippen LogP contribution in [-0.4, -0.2) is 54.7 Å². The largest absolute Gasteiger partial charge is 0.493 e. The molecule has 7 nitrogen and oxygen atoms in total. The Morgan fingerprint density at radius 3 is 2.27 bits per heavy atom. The van der Waals surface area contributed by atoms with Gasteiger partial charge in [-0.05, 0) is 60.6 Å². The van der Waals surface area contributed by atoms with Gasteiger partial charge in [0.2, 0.25) is 0 Å². The highest BCUT2D eigenvalue weighted by Crippen LogP contribution is 2.41. The van der Waals surface area contributed by atoms with Crippen molar-refractivity contribution in [3.8, 4) is 11.5 Å². The van der Waals surface area contributed by atoms with Gasteiger partial charge >= 0.3 is 6.03 Å². The second kappa shape index (κ2) is 10.3. The van der Waals surface area contributed by atoms with Crippen molar-refractivity contribution in [2.75, 3.05) is 27.4 Å². The van der Waals surface area contributed by atoms with E-state index >= 15 is 0 Å². The summed E-state index contributed by atoms with van der Waals surface area (Å²) in [5.74, 6) is 1.18. The van der Waals surface area contributed by atoms with Crippen molar-refractivity contribution in [2.45, 2.75) is 37.8 Å². The third-order valence-electron chi connectivity index (χ3n) is 7.51. The fourth-order valence-electron chi connectivity index (χ4n) is 5.44. The van der Waals surface area contributed by atoms with Crippen molar-refractivity contribution in [2.24, 2.45) is 0 Å². The van der Waals surface area contributed by atoms with Crippen molar-refractivity contribution in [1.82, 2.24) is 15.1 Å². The Balaban J connectivity index is 1.42. The maximum Gasteiger partial charge on any atom is 0.326 e. The highest BCUT2D eigenvalue weighted by atomic mass is 16.5. The number of nitrogens with one attached hydrogen (secondary N) is 1. The van der Waals surface area contributed by atoms with Crippen LogP contribution >= 0.6 is 0 Å². The molecule has 7 heteroatoms. The first kappa shape index (κ1) is 24.8. The predicted octanol–water partition coefficient (Wildman–Crippen LogP) is 4.55. The third-order valence-corrected chi connectivity index (χ3v) is 7.51. The molecule has 0 bridgehead atoms. The van der Waals surface area contributed by atoms with Gasteiger partial charge in [0.15, 0.2) is 11.5 Å². The number of carbonyl (C=O) groups excluding carboxylic acids is 2. The summed E-state index contributed by atoms with van der Waals surface area (Å²) in [7, 11) is 3.27. The summed E-state index contributed by atoms with van der Waals surface area (Å²) in [6, 6.07) is 23.8. The molecule has 0 unspecified atom stereocenters. The van der Waals surface area contributed by atoms with Gasteiger partial charge in [-0.2, -0.15) is 0 Å². The molecule has 3 aromatic carbocycles. The molecule has 3 amide bonds. The Bertz CT molecular complexity index is 1280. The van der Waals surface area contributed by atoms with Crippen LogP contribution in [0.1, 0.15) is 41.6 Å². The van der Waals surface area contributed by atoms with Gasteiger partial charge in [0.05, 0.1) is 26.9 Å². The van der Waals surface area contributed by atoms with Gasteiger partial charge in [0.1, 0.15) is 5.54 Å². The van der Waals surface area contributed by atoms with Crippen molar-refractivity contribution in [3.05, 3.63) is 95.1 Å². The van der Waals surface area contributed by atoms with Gasteiger partial charge < -0.3 is 14.8 Å². The monoisotopic (exact) mass is 499 g/mol. The Labute approximate surface area is 218 Å². The number of hydrogen-bond donors (Lipinski definition) is 1. The van der Waals surface area contributed by atoms with Gasteiger partial charge in [0, 0.05) is 6.54 Å². The molecule has 3 aromatic rings. The summed E-state index contributed by atoms with van der Waals surface area (Å²) in [5, 5.41) is 2.97. The van der Waals surface area contributed by atoms with Gasteiger partial charge in [-0.3, -0.25) is 9.69 Å². The molecule has 2 aliphatic heterocycles. The van der Waals surface area contributed by atoms with E-state index in [0.29, 0.717) is 30.9 Å². The number of amides is 3. The normalized spacial score (nSPS) is 21.5. The fraction of sp³-hybridized carbons (Fsp3) is 0.333. The quantitative estimate of drug-likeness (QED) is 0.461. The molecule has 2 atom stereocenters. The number of aryl methyl sites for hydroxylation is 1. The lowest BCUT2D eigenvalue weighted by molar-refractivity contribution is -0.132. The lowest BCUT2D eigenvalue weighted by atomic mass is 9.88. The van der Waals surface area contributed by atoms with Crippen molar-refractivity contribution in [3.63, 3.8) is 0 Å². The van der Waals surface area contributed by atoms with Crippen LogP contribution in [0.5, 0.6) is 11.5 Å². The number of fused-ring (bicyclic) bond motifs is 1. The maximum absolute atomic E-state index is 13.6. The maximum atomic E-state index is 13.6. The minimum Gasteiger partial charge on any atom is -0.493 e. The highest BCUT2D eigenvalue weighted by Gasteiger charge is 2.48. The van der Waals surface area contributed by atoms with Crippen molar-refractivity contribution in [1.29, 1.82) is 0 Å². The summed E-state index contributed by atoms with van der Waals surface area (Å²) >= 11 is 0. The number of urea groups is 1. The van der Waals surface area contributed by atoms with Crippen molar-refractivity contribution >= 4 is 11.9 Å². The number of nitrogens with zero attached hydrogens (tertiary/aromatic N) is 2. The first-order valence-corrected chi connectivity index (χ1v) is 12.7. The first-order chi connectivity index (χ1) is 17.9. The smallest absolute Gasteiger partial charge is 0.326 e. The van der Waals surface area contributed by atoms with Crippen LogP contribution in [0.3, 0.4) is 0 Å². The molecule has 0 aliphatic carbocycles. The number of methoxy groups -OCH3 is 2. The van der Waals surface area contributed by atoms with Crippen molar-refractivity contribution < 1.29 is 19.1 Å². The second-order valence-electron chi connectivity index (χ2n) is 9.90. The third kappa shape index (κ3) is 4.79. The number of ether oxygens (including phenoxy) is 2. The molecule has 5 rings (SSSR count). The zero-order valence-corrected chi connectivity index (χ0v) is 21.6. The first-order valence-electron chi connectivity index (χ1n) is 12.7. The minimum absolute atomic E-state index is 0.137. The summed E-state index contributed by atoms with van der Waals surface area (Å²) in [4.78, 5) is 30.2. The van der Waals surface area contributed by atoms with E-state index in [2.05, 4.69) is 22.3 Å². The molecule has 0 spiro atoms. The van der Waals surface area contributed by atoms with E-state index in [1.165, 1.54) is 10.5 Å². The van der Waals surface area contributed by atoms with E-state index < -0.39 is 5.54 Å². The number of hydrogen-bond acceptors (Lipinski definition) is 5. The molecular formula is C30H33N3O4. The Morgan fingerprint density at radius 1 is 0.946 bits per heavy atom. The van der Waals surface area contributed by atoms with E-state index in [1.807, 2.05) is 67.6 Å². The van der Waals surface area contributed by atoms with Crippen LogP contribution in [0.4, 0.5) is 4.79 Å². The molecule has 37 heavy (non-hydrogen) atoms. The molecule has 1 saturated heterocycles.